The Morgan fingerprint density at radius 2 is 1.44 bits per heavy atom. The van der Waals surface area contributed by atoms with Gasteiger partial charge in [-0.3, -0.25) is 0 Å². The Bertz CT molecular complexity index is 572. The fraction of sp³-hybridized carbons (Fsp3) is 0.0769. The van der Waals surface area contributed by atoms with Crippen molar-refractivity contribution in [1.29, 1.82) is 0 Å². The number of halogens is 5. The summed E-state index contributed by atoms with van der Waals surface area (Å²) >= 11 is 0. The van der Waals surface area contributed by atoms with Crippen LogP contribution in [0.2, 0.25) is 0 Å². The van der Waals surface area contributed by atoms with E-state index in [2.05, 4.69) is 0 Å². The van der Waals surface area contributed by atoms with Crippen LogP contribution < -0.4 is 0 Å². The lowest BCUT2D eigenvalue weighted by Crippen LogP contribution is -2.08. The average Bonchev–Trinajstić information content (AvgIpc) is 2.27. The minimum Gasteiger partial charge on any atom is -0.207 e. The van der Waals surface area contributed by atoms with Crippen LogP contribution >= 0.6 is 0 Å². The maximum atomic E-state index is 13.5. The number of rotatable bonds is 1. The second kappa shape index (κ2) is 4.40. The van der Waals surface area contributed by atoms with E-state index in [9.17, 15) is 22.0 Å². The van der Waals surface area contributed by atoms with Crippen molar-refractivity contribution < 1.29 is 22.0 Å². The third-order valence-corrected chi connectivity index (χ3v) is 2.45. The zero-order chi connectivity index (χ0) is 13.3. The molecule has 94 valence electrons. The lowest BCUT2D eigenvalue weighted by molar-refractivity contribution is -0.137. The highest BCUT2D eigenvalue weighted by molar-refractivity contribution is 5.68. The Morgan fingerprint density at radius 3 is 2.06 bits per heavy atom. The summed E-state index contributed by atoms with van der Waals surface area (Å²) in [5, 5.41) is 0. The number of benzene rings is 2. The largest absolute Gasteiger partial charge is 0.417 e. The molecule has 0 spiro atoms. The molecule has 0 saturated heterocycles. The Hall–Kier alpha value is -1.91. The summed E-state index contributed by atoms with van der Waals surface area (Å²) in [6, 6.07) is 6.94. The zero-order valence-electron chi connectivity index (χ0n) is 8.93. The molecule has 2 aromatic carbocycles. The van der Waals surface area contributed by atoms with Crippen molar-refractivity contribution in [3.05, 3.63) is 59.7 Å². The second-order valence-corrected chi connectivity index (χ2v) is 3.67. The molecule has 0 aromatic heterocycles. The molecule has 0 bridgehead atoms. The molecule has 18 heavy (non-hydrogen) atoms. The van der Waals surface area contributed by atoms with Gasteiger partial charge in [-0.05, 0) is 29.8 Å². The van der Waals surface area contributed by atoms with Crippen molar-refractivity contribution in [3.63, 3.8) is 0 Å². The lowest BCUT2D eigenvalue weighted by atomic mass is 9.98. The topological polar surface area (TPSA) is 0 Å². The fourth-order valence-electron chi connectivity index (χ4n) is 1.67. The monoisotopic (exact) mass is 258 g/mol. The first-order valence-corrected chi connectivity index (χ1v) is 5.01. The van der Waals surface area contributed by atoms with Crippen molar-refractivity contribution in [2.45, 2.75) is 6.18 Å². The van der Waals surface area contributed by atoms with Gasteiger partial charge in [-0.1, -0.05) is 18.2 Å². The Balaban J connectivity index is 2.70. The van der Waals surface area contributed by atoms with Gasteiger partial charge in [-0.2, -0.15) is 13.2 Å². The first-order valence-electron chi connectivity index (χ1n) is 5.01. The number of alkyl halides is 3. The molecule has 2 aromatic rings. The first kappa shape index (κ1) is 12.5. The molecule has 0 N–H and O–H groups in total. The van der Waals surface area contributed by atoms with Gasteiger partial charge in [0.15, 0.2) is 0 Å². The van der Waals surface area contributed by atoms with Crippen LogP contribution in [0.15, 0.2) is 42.5 Å². The van der Waals surface area contributed by atoms with Gasteiger partial charge >= 0.3 is 6.18 Å². The first-order chi connectivity index (χ1) is 8.39. The summed E-state index contributed by atoms with van der Waals surface area (Å²) in [4.78, 5) is 0. The predicted octanol–water partition coefficient (Wildman–Crippen LogP) is 4.65. The summed E-state index contributed by atoms with van der Waals surface area (Å²) in [5.74, 6) is -1.67. The zero-order valence-corrected chi connectivity index (χ0v) is 8.93. The predicted molar refractivity (Wildman–Crippen MR) is 56.8 cm³/mol. The van der Waals surface area contributed by atoms with Crippen molar-refractivity contribution in [1.82, 2.24) is 0 Å². The van der Waals surface area contributed by atoms with E-state index in [1.807, 2.05) is 0 Å². The van der Waals surface area contributed by atoms with Crippen LogP contribution in [0.1, 0.15) is 5.56 Å². The molecule has 0 aliphatic rings. The smallest absolute Gasteiger partial charge is 0.207 e. The molecule has 0 nitrogen and oxygen atoms in total. The minimum absolute atomic E-state index is 0.274. The van der Waals surface area contributed by atoms with Crippen LogP contribution in [0.3, 0.4) is 0 Å². The van der Waals surface area contributed by atoms with Crippen LogP contribution in [0.4, 0.5) is 22.0 Å². The molecular weight excluding hydrogens is 251 g/mol. The molecule has 0 unspecified atom stereocenters. The molecule has 0 radical (unpaired) electrons. The van der Waals surface area contributed by atoms with Gasteiger partial charge < -0.3 is 0 Å². The molecule has 0 saturated carbocycles. The average molecular weight is 258 g/mol. The molecule has 0 atom stereocenters. The van der Waals surface area contributed by atoms with E-state index < -0.39 is 28.9 Å². The number of hydrogen-bond donors (Lipinski definition) is 0. The lowest BCUT2D eigenvalue weighted by Gasteiger charge is -2.13. The highest BCUT2D eigenvalue weighted by Crippen LogP contribution is 2.38. The maximum Gasteiger partial charge on any atom is 0.417 e. The van der Waals surface area contributed by atoms with Crippen molar-refractivity contribution >= 4 is 0 Å². The summed E-state index contributed by atoms with van der Waals surface area (Å²) in [6.45, 7) is 0. The molecule has 0 amide bonds. The van der Waals surface area contributed by atoms with E-state index in [1.54, 1.807) is 0 Å². The van der Waals surface area contributed by atoms with Gasteiger partial charge in [0.1, 0.15) is 11.6 Å². The van der Waals surface area contributed by atoms with Gasteiger partial charge in [-0.25, -0.2) is 8.78 Å². The van der Waals surface area contributed by atoms with Crippen LogP contribution in [-0.4, -0.2) is 0 Å². The van der Waals surface area contributed by atoms with Crippen LogP contribution in [0, 0.1) is 11.6 Å². The van der Waals surface area contributed by atoms with Gasteiger partial charge in [0.05, 0.1) is 5.56 Å². The second-order valence-electron chi connectivity index (χ2n) is 3.67. The Kier molecular flexibility index (Phi) is 3.07. The molecule has 5 heteroatoms. The normalized spacial score (nSPS) is 11.6. The summed E-state index contributed by atoms with van der Waals surface area (Å²) in [5.41, 5.74) is -1.83. The van der Waals surface area contributed by atoms with Gasteiger partial charge in [0, 0.05) is 5.56 Å². The SMILES string of the molecule is Fc1ccc(C(F)(F)F)c(-c2ccccc2F)c1. The van der Waals surface area contributed by atoms with E-state index in [4.69, 9.17) is 0 Å². The van der Waals surface area contributed by atoms with Crippen LogP contribution in [-0.2, 0) is 6.18 Å². The van der Waals surface area contributed by atoms with E-state index >= 15 is 0 Å². The summed E-state index contributed by atoms with van der Waals surface area (Å²) < 4.78 is 64.8. The summed E-state index contributed by atoms with van der Waals surface area (Å²) in [7, 11) is 0. The molecule has 0 aliphatic heterocycles. The van der Waals surface area contributed by atoms with Crippen molar-refractivity contribution in [2.75, 3.05) is 0 Å². The quantitative estimate of drug-likeness (QED) is 0.653. The minimum atomic E-state index is -4.66. The summed E-state index contributed by atoms with van der Waals surface area (Å²) in [6.07, 6.45) is -4.66. The Morgan fingerprint density at radius 1 is 0.778 bits per heavy atom. The molecule has 2 rings (SSSR count). The van der Waals surface area contributed by atoms with E-state index in [-0.39, 0.29) is 5.56 Å². The van der Waals surface area contributed by atoms with Crippen LogP contribution in [0.5, 0.6) is 0 Å². The standard InChI is InChI=1S/C13H7F5/c14-8-5-6-11(13(16,17)18)10(7-8)9-3-1-2-4-12(9)15/h1-7H. The fourth-order valence-corrected chi connectivity index (χ4v) is 1.67. The highest BCUT2D eigenvalue weighted by atomic mass is 19.4. The van der Waals surface area contributed by atoms with Gasteiger partial charge in [0.2, 0.25) is 0 Å². The number of hydrogen-bond acceptors (Lipinski definition) is 0. The molecular formula is C13H7F5. The third-order valence-electron chi connectivity index (χ3n) is 2.45. The van der Waals surface area contributed by atoms with E-state index in [0.717, 1.165) is 6.07 Å². The molecule has 0 fully saturated rings. The maximum absolute atomic E-state index is 13.5. The van der Waals surface area contributed by atoms with Crippen LogP contribution in [0.25, 0.3) is 11.1 Å². The van der Waals surface area contributed by atoms with Gasteiger partial charge in [0.25, 0.3) is 0 Å². The van der Waals surface area contributed by atoms with Crippen molar-refractivity contribution in [2.24, 2.45) is 0 Å². The van der Waals surface area contributed by atoms with Gasteiger partial charge in [-0.15, -0.1) is 0 Å². The molecule has 0 heterocycles. The Labute approximate surface area is 99.7 Å². The highest BCUT2D eigenvalue weighted by Gasteiger charge is 2.34. The van der Waals surface area contributed by atoms with E-state index in [0.29, 0.717) is 18.2 Å². The third kappa shape index (κ3) is 2.34. The van der Waals surface area contributed by atoms with Crippen molar-refractivity contribution in [3.8, 4) is 11.1 Å². The molecule has 0 aliphatic carbocycles. The van der Waals surface area contributed by atoms with E-state index in [1.165, 1.54) is 18.2 Å².